The number of carbonyl (C=O) groups excluding carboxylic acids is 1. The van der Waals surface area contributed by atoms with Crippen molar-refractivity contribution in [2.45, 2.75) is 17.9 Å². The molecule has 0 saturated heterocycles. The topological polar surface area (TPSA) is 72.5 Å². The number of sulfonamides is 1. The molecule has 1 atom stereocenters. The van der Waals surface area contributed by atoms with Crippen LogP contribution in [0.25, 0.3) is 0 Å². The highest BCUT2D eigenvalue weighted by Crippen LogP contribution is 2.26. The van der Waals surface area contributed by atoms with Crippen LogP contribution in [0.1, 0.15) is 28.9 Å². The average molecular weight is 354 g/mol. The largest absolute Gasteiger partial charge is 0.454 e. The number of esters is 1. The molecule has 0 amide bonds. The van der Waals surface area contributed by atoms with Crippen molar-refractivity contribution in [3.8, 4) is 0 Å². The van der Waals surface area contributed by atoms with E-state index in [4.69, 9.17) is 16.3 Å². The van der Waals surface area contributed by atoms with E-state index < -0.39 is 22.1 Å². The molecule has 0 aliphatic heterocycles. The summed E-state index contributed by atoms with van der Waals surface area (Å²) in [4.78, 5) is 12.2. The van der Waals surface area contributed by atoms with Crippen LogP contribution < -0.4 is 4.72 Å². The Morgan fingerprint density at radius 1 is 1.17 bits per heavy atom. The van der Waals surface area contributed by atoms with Crippen molar-refractivity contribution in [2.24, 2.45) is 0 Å². The third-order valence-electron chi connectivity index (χ3n) is 3.28. The van der Waals surface area contributed by atoms with Crippen LogP contribution in [0.3, 0.4) is 0 Å². The number of hydrogen-bond acceptors (Lipinski definition) is 4. The van der Waals surface area contributed by atoms with Crippen molar-refractivity contribution >= 4 is 27.6 Å². The maximum absolute atomic E-state index is 12.2. The Morgan fingerprint density at radius 2 is 1.87 bits per heavy atom. The molecule has 0 spiro atoms. The fourth-order valence-corrected chi connectivity index (χ4v) is 3.07. The summed E-state index contributed by atoms with van der Waals surface area (Å²) in [7, 11) is -2.32. The van der Waals surface area contributed by atoms with Crippen molar-refractivity contribution in [2.75, 3.05) is 7.05 Å². The Bertz CT molecular complexity index is 820. The first-order chi connectivity index (χ1) is 10.8. The number of hydrogen-bond donors (Lipinski definition) is 1. The Kier molecular flexibility index (Phi) is 5.41. The zero-order valence-corrected chi connectivity index (χ0v) is 14.2. The summed E-state index contributed by atoms with van der Waals surface area (Å²) in [6.07, 6.45) is -0.555. The van der Waals surface area contributed by atoms with Gasteiger partial charge in [0.05, 0.1) is 10.5 Å². The van der Waals surface area contributed by atoms with Gasteiger partial charge in [-0.15, -0.1) is 0 Å². The van der Waals surface area contributed by atoms with Gasteiger partial charge in [0, 0.05) is 10.6 Å². The predicted octanol–water partition coefficient (Wildman–Crippen LogP) is 3.17. The highest BCUT2D eigenvalue weighted by atomic mass is 35.5. The van der Waals surface area contributed by atoms with Crippen molar-refractivity contribution in [1.29, 1.82) is 0 Å². The van der Waals surface area contributed by atoms with Gasteiger partial charge in [-0.05, 0) is 38.2 Å². The van der Waals surface area contributed by atoms with E-state index >= 15 is 0 Å². The summed E-state index contributed by atoms with van der Waals surface area (Å²) >= 11 is 6.07. The standard InChI is InChI=1S/C16H16ClNO4S/c1-11(14-8-3-4-9-15(14)17)22-16(19)12-6-5-7-13(10-12)23(20,21)18-2/h3-11,18H,1-2H3/t11-/m1/s1. The molecule has 0 aromatic heterocycles. The van der Waals surface area contributed by atoms with Gasteiger partial charge in [-0.25, -0.2) is 17.9 Å². The molecule has 2 aromatic carbocycles. The molecular weight excluding hydrogens is 338 g/mol. The molecule has 0 saturated carbocycles. The van der Waals surface area contributed by atoms with Crippen LogP contribution in [0.5, 0.6) is 0 Å². The third kappa shape index (κ3) is 4.10. The van der Waals surface area contributed by atoms with Gasteiger partial charge < -0.3 is 4.74 Å². The molecule has 5 nitrogen and oxygen atoms in total. The first kappa shape index (κ1) is 17.5. The van der Waals surface area contributed by atoms with Crippen LogP contribution in [0.15, 0.2) is 53.4 Å². The maximum Gasteiger partial charge on any atom is 0.338 e. The minimum Gasteiger partial charge on any atom is -0.454 e. The summed E-state index contributed by atoms with van der Waals surface area (Å²) in [5.74, 6) is -0.620. The highest BCUT2D eigenvalue weighted by Gasteiger charge is 2.18. The van der Waals surface area contributed by atoms with Gasteiger partial charge in [-0.1, -0.05) is 35.9 Å². The molecule has 0 fully saturated rings. The van der Waals surface area contributed by atoms with E-state index in [2.05, 4.69) is 4.72 Å². The van der Waals surface area contributed by atoms with Crippen molar-refractivity contribution in [1.82, 2.24) is 4.72 Å². The lowest BCUT2D eigenvalue weighted by atomic mass is 10.1. The molecular formula is C16H16ClNO4S. The molecule has 7 heteroatoms. The monoisotopic (exact) mass is 353 g/mol. The summed E-state index contributed by atoms with van der Waals surface area (Å²) in [5.41, 5.74) is 0.835. The Balaban J connectivity index is 2.22. The maximum atomic E-state index is 12.2. The Hall–Kier alpha value is -1.89. The van der Waals surface area contributed by atoms with Gasteiger partial charge in [0.25, 0.3) is 0 Å². The first-order valence-corrected chi connectivity index (χ1v) is 8.70. The van der Waals surface area contributed by atoms with E-state index in [9.17, 15) is 13.2 Å². The van der Waals surface area contributed by atoms with Gasteiger partial charge in [-0.2, -0.15) is 0 Å². The van der Waals surface area contributed by atoms with Gasteiger partial charge >= 0.3 is 5.97 Å². The second-order valence-electron chi connectivity index (χ2n) is 4.80. The SMILES string of the molecule is CNS(=O)(=O)c1cccc(C(=O)O[C@H](C)c2ccccc2Cl)c1. The van der Waals surface area contributed by atoms with Crippen LogP contribution in [-0.2, 0) is 14.8 Å². The summed E-state index contributed by atoms with van der Waals surface area (Å²) in [6.45, 7) is 1.70. The van der Waals surface area contributed by atoms with E-state index in [0.29, 0.717) is 10.6 Å². The summed E-state index contributed by atoms with van der Waals surface area (Å²) in [5, 5.41) is 0.499. The number of carbonyl (C=O) groups is 1. The lowest BCUT2D eigenvalue weighted by molar-refractivity contribution is 0.0338. The lowest BCUT2D eigenvalue weighted by Gasteiger charge is -2.15. The van der Waals surface area contributed by atoms with Gasteiger partial charge in [0.2, 0.25) is 10.0 Å². The second-order valence-corrected chi connectivity index (χ2v) is 7.10. The lowest BCUT2D eigenvalue weighted by Crippen LogP contribution is -2.19. The second kappa shape index (κ2) is 7.12. The van der Waals surface area contributed by atoms with E-state index in [-0.39, 0.29) is 10.5 Å². The number of benzene rings is 2. The molecule has 0 heterocycles. The van der Waals surface area contributed by atoms with Crippen LogP contribution in [0, 0.1) is 0 Å². The van der Waals surface area contributed by atoms with Crippen LogP contribution in [0.4, 0.5) is 0 Å². The predicted molar refractivity (Wildman–Crippen MR) is 88.0 cm³/mol. The zero-order valence-electron chi connectivity index (χ0n) is 12.6. The molecule has 0 aliphatic carbocycles. The van der Waals surface area contributed by atoms with E-state index in [1.165, 1.54) is 31.3 Å². The van der Waals surface area contributed by atoms with Crippen molar-refractivity contribution in [3.63, 3.8) is 0 Å². The van der Waals surface area contributed by atoms with Crippen molar-refractivity contribution in [3.05, 3.63) is 64.7 Å². The molecule has 0 aliphatic rings. The summed E-state index contributed by atoms with van der Waals surface area (Å²) in [6, 6.07) is 12.7. The molecule has 1 N–H and O–H groups in total. The molecule has 2 rings (SSSR count). The average Bonchev–Trinajstić information content (AvgIpc) is 2.55. The molecule has 0 bridgehead atoms. The fraction of sp³-hybridized carbons (Fsp3) is 0.188. The molecule has 2 aromatic rings. The fourth-order valence-electron chi connectivity index (χ4n) is 2.00. The molecule has 23 heavy (non-hydrogen) atoms. The van der Waals surface area contributed by atoms with E-state index in [1.54, 1.807) is 31.2 Å². The van der Waals surface area contributed by atoms with Gasteiger partial charge in [0.15, 0.2) is 0 Å². The molecule has 0 radical (unpaired) electrons. The minimum atomic E-state index is -3.62. The van der Waals surface area contributed by atoms with E-state index in [0.717, 1.165) is 0 Å². The van der Waals surface area contributed by atoms with Crippen molar-refractivity contribution < 1.29 is 17.9 Å². The quantitative estimate of drug-likeness (QED) is 0.838. The molecule has 122 valence electrons. The number of nitrogens with one attached hydrogen (secondary N) is 1. The van der Waals surface area contributed by atoms with Gasteiger partial charge in [-0.3, -0.25) is 0 Å². The third-order valence-corrected chi connectivity index (χ3v) is 5.03. The summed E-state index contributed by atoms with van der Waals surface area (Å²) < 4.78 is 31.1. The number of ether oxygens (including phenoxy) is 1. The van der Waals surface area contributed by atoms with Crippen LogP contribution >= 0.6 is 11.6 Å². The zero-order chi connectivity index (χ0) is 17.0. The highest BCUT2D eigenvalue weighted by molar-refractivity contribution is 7.89. The first-order valence-electron chi connectivity index (χ1n) is 6.84. The minimum absolute atomic E-state index is 0.000142. The normalized spacial score (nSPS) is 12.7. The van der Waals surface area contributed by atoms with Crippen LogP contribution in [-0.4, -0.2) is 21.4 Å². The Morgan fingerprint density at radius 3 is 2.52 bits per heavy atom. The van der Waals surface area contributed by atoms with Crippen LogP contribution in [0.2, 0.25) is 5.02 Å². The molecule has 0 unspecified atom stereocenters. The number of rotatable bonds is 5. The van der Waals surface area contributed by atoms with E-state index in [1.807, 2.05) is 0 Å². The Labute approximate surface area is 140 Å². The smallest absolute Gasteiger partial charge is 0.338 e. The number of halogens is 1. The van der Waals surface area contributed by atoms with Gasteiger partial charge in [0.1, 0.15) is 6.10 Å².